The Morgan fingerprint density at radius 2 is 2.00 bits per heavy atom. The summed E-state index contributed by atoms with van der Waals surface area (Å²) in [4.78, 5) is 25.5. The molecule has 2 rings (SSSR count). The molecule has 0 spiro atoms. The second-order valence-corrected chi connectivity index (χ2v) is 4.93. The number of hydrogen-bond donors (Lipinski definition) is 1. The fourth-order valence-electron chi connectivity index (χ4n) is 2.37. The van der Waals surface area contributed by atoms with E-state index in [2.05, 4.69) is 19.2 Å². The molecule has 0 aromatic carbocycles. The molecule has 2 atom stereocenters. The number of aromatic nitrogens is 1. The molecule has 1 aromatic rings. The zero-order chi connectivity index (χ0) is 13.1. The Labute approximate surface area is 106 Å². The largest absolute Gasteiger partial charge is 0.338 e. The third-order valence-electron chi connectivity index (χ3n) is 3.11. The molecule has 1 amide bonds. The standard InChI is InChI=1S/C13H19N3O2/c1-10-7-16(8-11(2)14-10)13(18)9-15-6-4-3-5-12(15)17/h3-6,10-11,14H,7-9H2,1-2H3/t10-,11-/m1/s1. The molecule has 0 aliphatic carbocycles. The van der Waals surface area contributed by atoms with E-state index < -0.39 is 0 Å². The predicted octanol–water partition coefficient (Wildman–Crippen LogP) is 0.0571. The van der Waals surface area contributed by atoms with Gasteiger partial charge in [0.15, 0.2) is 0 Å². The Bertz CT molecular complexity index is 473. The molecule has 5 nitrogen and oxygen atoms in total. The van der Waals surface area contributed by atoms with Crippen LogP contribution in [0.5, 0.6) is 0 Å². The van der Waals surface area contributed by atoms with E-state index in [0.717, 1.165) is 0 Å². The molecule has 1 saturated heterocycles. The summed E-state index contributed by atoms with van der Waals surface area (Å²) in [6.45, 7) is 5.64. The van der Waals surface area contributed by atoms with Crippen LogP contribution in [0, 0.1) is 0 Å². The van der Waals surface area contributed by atoms with Crippen molar-refractivity contribution in [2.45, 2.75) is 32.5 Å². The predicted molar refractivity (Wildman–Crippen MR) is 69.3 cm³/mol. The van der Waals surface area contributed by atoms with Gasteiger partial charge in [-0.1, -0.05) is 6.07 Å². The van der Waals surface area contributed by atoms with Crippen LogP contribution in [0.15, 0.2) is 29.2 Å². The van der Waals surface area contributed by atoms with Crippen LogP contribution in [-0.4, -0.2) is 40.5 Å². The second-order valence-electron chi connectivity index (χ2n) is 4.93. The van der Waals surface area contributed by atoms with Crippen LogP contribution in [0.3, 0.4) is 0 Å². The zero-order valence-electron chi connectivity index (χ0n) is 10.8. The van der Waals surface area contributed by atoms with Gasteiger partial charge in [-0.05, 0) is 19.9 Å². The van der Waals surface area contributed by atoms with Gasteiger partial charge in [0.2, 0.25) is 5.91 Å². The van der Waals surface area contributed by atoms with Crippen molar-refractivity contribution >= 4 is 5.91 Å². The summed E-state index contributed by atoms with van der Waals surface area (Å²) in [6.07, 6.45) is 1.65. The number of hydrogen-bond acceptors (Lipinski definition) is 3. The highest BCUT2D eigenvalue weighted by atomic mass is 16.2. The number of carbonyl (C=O) groups is 1. The highest BCUT2D eigenvalue weighted by Gasteiger charge is 2.24. The van der Waals surface area contributed by atoms with Crippen molar-refractivity contribution in [3.05, 3.63) is 34.7 Å². The van der Waals surface area contributed by atoms with Crippen LogP contribution in [-0.2, 0) is 11.3 Å². The first-order valence-electron chi connectivity index (χ1n) is 6.25. The quantitative estimate of drug-likeness (QED) is 0.806. The fourth-order valence-corrected chi connectivity index (χ4v) is 2.37. The van der Waals surface area contributed by atoms with Gasteiger partial charge in [0.05, 0.1) is 0 Å². The number of amides is 1. The summed E-state index contributed by atoms with van der Waals surface area (Å²) >= 11 is 0. The van der Waals surface area contributed by atoms with Gasteiger partial charge in [-0.3, -0.25) is 9.59 Å². The molecule has 1 N–H and O–H groups in total. The zero-order valence-corrected chi connectivity index (χ0v) is 10.8. The number of pyridine rings is 1. The van der Waals surface area contributed by atoms with Crippen molar-refractivity contribution in [1.82, 2.24) is 14.8 Å². The Kier molecular flexibility index (Phi) is 3.81. The molecule has 5 heteroatoms. The number of rotatable bonds is 2. The molecule has 98 valence electrons. The molecule has 0 bridgehead atoms. The molecule has 1 aliphatic heterocycles. The van der Waals surface area contributed by atoms with Crippen molar-refractivity contribution in [2.75, 3.05) is 13.1 Å². The number of piperazine rings is 1. The Balaban J connectivity index is 2.04. The monoisotopic (exact) mass is 249 g/mol. The third kappa shape index (κ3) is 2.98. The molecule has 18 heavy (non-hydrogen) atoms. The van der Waals surface area contributed by atoms with Gasteiger partial charge in [0, 0.05) is 37.4 Å². The maximum atomic E-state index is 12.1. The minimum atomic E-state index is -0.137. The van der Waals surface area contributed by atoms with E-state index in [0.29, 0.717) is 25.2 Å². The van der Waals surface area contributed by atoms with Crippen LogP contribution in [0.1, 0.15) is 13.8 Å². The first kappa shape index (κ1) is 12.8. The lowest BCUT2D eigenvalue weighted by atomic mass is 10.1. The lowest BCUT2D eigenvalue weighted by molar-refractivity contribution is -0.133. The normalized spacial score (nSPS) is 24.0. The van der Waals surface area contributed by atoms with Gasteiger partial charge in [0.25, 0.3) is 5.56 Å². The average Bonchev–Trinajstić information content (AvgIpc) is 2.31. The molecule has 2 heterocycles. The van der Waals surface area contributed by atoms with Crippen LogP contribution in [0.25, 0.3) is 0 Å². The van der Waals surface area contributed by atoms with Gasteiger partial charge in [-0.15, -0.1) is 0 Å². The molecule has 1 fully saturated rings. The molecule has 1 aromatic heterocycles. The number of nitrogens with zero attached hydrogens (tertiary/aromatic N) is 2. The van der Waals surface area contributed by atoms with E-state index in [1.807, 2.05) is 4.90 Å². The van der Waals surface area contributed by atoms with Gasteiger partial charge < -0.3 is 14.8 Å². The molecule has 0 unspecified atom stereocenters. The number of carbonyl (C=O) groups excluding carboxylic acids is 1. The van der Waals surface area contributed by atoms with Gasteiger partial charge in [0.1, 0.15) is 6.54 Å². The van der Waals surface area contributed by atoms with E-state index in [1.165, 1.54) is 10.6 Å². The summed E-state index contributed by atoms with van der Waals surface area (Å²) in [5, 5.41) is 3.38. The SMILES string of the molecule is C[C@@H]1CN(C(=O)Cn2ccccc2=O)C[C@@H](C)N1. The summed E-state index contributed by atoms with van der Waals surface area (Å²) < 4.78 is 1.44. The van der Waals surface area contributed by atoms with E-state index in [4.69, 9.17) is 0 Å². The highest BCUT2D eigenvalue weighted by molar-refractivity contribution is 5.76. The summed E-state index contributed by atoms with van der Waals surface area (Å²) in [6, 6.07) is 5.50. The van der Waals surface area contributed by atoms with E-state index in [9.17, 15) is 9.59 Å². The lowest BCUT2D eigenvalue weighted by Gasteiger charge is -2.36. The molecule has 0 radical (unpaired) electrons. The van der Waals surface area contributed by atoms with Crippen LogP contribution < -0.4 is 10.9 Å². The van der Waals surface area contributed by atoms with E-state index in [-0.39, 0.29) is 18.0 Å². The summed E-state index contributed by atoms with van der Waals surface area (Å²) in [7, 11) is 0. The topological polar surface area (TPSA) is 54.3 Å². The van der Waals surface area contributed by atoms with Crippen molar-refractivity contribution in [3.63, 3.8) is 0 Å². The Morgan fingerprint density at radius 3 is 2.61 bits per heavy atom. The molecular weight excluding hydrogens is 230 g/mol. The van der Waals surface area contributed by atoms with E-state index in [1.54, 1.807) is 18.3 Å². The molecule has 1 aliphatic rings. The number of nitrogens with one attached hydrogen (secondary N) is 1. The summed E-state index contributed by atoms with van der Waals surface area (Å²) in [5.41, 5.74) is -0.137. The average molecular weight is 249 g/mol. The Morgan fingerprint density at radius 1 is 1.33 bits per heavy atom. The van der Waals surface area contributed by atoms with Crippen LogP contribution in [0.2, 0.25) is 0 Å². The van der Waals surface area contributed by atoms with Gasteiger partial charge >= 0.3 is 0 Å². The third-order valence-corrected chi connectivity index (χ3v) is 3.11. The first-order chi connectivity index (χ1) is 8.56. The molecule has 0 saturated carbocycles. The second kappa shape index (κ2) is 5.35. The Hall–Kier alpha value is -1.62. The van der Waals surface area contributed by atoms with Crippen LogP contribution in [0.4, 0.5) is 0 Å². The maximum Gasteiger partial charge on any atom is 0.250 e. The highest BCUT2D eigenvalue weighted by Crippen LogP contribution is 2.05. The van der Waals surface area contributed by atoms with Crippen LogP contribution >= 0.6 is 0 Å². The smallest absolute Gasteiger partial charge is 0.250 e. The van der Waals surface area contributed by atoms with E-state index >= 15 is 0 Å². The van der Waals surface area contributed by atoms with Crippen molar-refractivity contribution < 1.29 is 4.79 Å². The van der Waals surface area contributed by atoms with Crippen molar-refractivity contribution in [2.24, 2.45) is 0 Å². The van der Waals surface area contributed by atoms with Crippen molar-refractivity contribution in [1.29, 1.82) is 0 Å². The minimum absolute atomic E-state index is 0.00324. The maximum absolute atomic E-state index is 12.1. The lowest BCUT2D eigenvalue weighted by Crippen LogP contribution is -2.56. The van der Waals surface area contributed by atoms with Crippen molar-refractivity contribution in [3.8, 4) is 0 Å². The fraction of sp³-hybridized carbons (Fsp3) is 0.538. The van der Waals surface area contributed by atoms with Gasteiger partial charge in [-0.25, -0.2) is 0 Å². The van der Waals surface area contributed by atoms with Gasteiger partial charge in [-0.2, -0.15) is 0 Å². The first-order valence-corrected chi connectivity index (χ1v) is 6.25. The molecular formula is C13H19N3O2. The minimum Gasteiger partial charge on any atom is -0.338 e. The summed E-state index contributed by atoms with van der Waals surface area (Å²) in [5.74, 6) is 0.00324.